The van der Waals surface area contributed by atoms with Crippen molar-refractivity contribution in [3.63, 3.8) is 0 Å². The highest BCUT2D eigenvalue weighted by Crippen LogP contribution is 2.26. The fourth-order valence-corrected chi connectivity index (χ4v) is 1.95. The molecule has 0 rings (SSSR count). The lowest BCUT2D eigenvalue weighted by Crippen LogP contribution is -2.17. The molecule has 0 radical (unpaired) electrons. The summed E-state index contributed by atoms with van der Waals surface area (Å²) in [7, 11) is -2.03. The van der Waals surface area contributed by atoms with E-state index in [1.807, 2.05) is 0 Å². The van der Waals surface area contributed by atoms with Crippen LogP contribution < -0.4 is 0 Å². The maximum absolute atomic E-state index is 11.4. The molecule has 0 bridgehead atoms. The summed E-state index contributed by atoms with van der Waals surface area (Å²) in [6.07, 6.45) is -1.29. The van der Waals surface area contributed by atoms with Crippen molar-refractivity contribution in [3.8, 4) is 0 Å². The summed E-state index contributed by atoms with van der Waals surface area (Å²) in [4.78, 5) is 21.1. The summed E-state index contributed by atoms with van der Waals surface area (Å²) in [5.41, 5.74) is 0. The predicted molar refractivity (Wildman–Crippen MR) is 56.0 cm³/mol. The third-order valence-electron chi connectivity index (χ3n) is 1.37. The number of ether oxygens (including phenoxy) is 2. The Morgan fingerprint density at radius 3 is 2.06 bits per heavy atom. The second-order valence-electron chi connectivity index (χ2n) is 3.22. The Labute approximate surface area is 95.1 Å². The summed E-state index contributed by atoms with van der Waals surface area (Å²) in [6.45, 7) is 5.57. The average molecular weight is 251 g/mol. The predicted octanol–water partition coefficient (Wildman–Crippen LogP) is 1.61. The highest BCUT2D eigenvalue weighted by molar-refractivity contribution is 7.39. The molecule has 6 nitrogen and oxygen atoms in total. The van der Waals surface area contributed by atoms with E-state index in [1.54, 1.807) is 6.92 Å². The summed E-state index contributed by atoms with van der Waals surface area (Å²) >= 11 is 0. The molecule has 3 atom stereocenters. The van der Waals surface area contributed by atoms with Crippen LogP contribution in [0.4, 0.5) is 0 Å². The van der Waals surface area contributed by atoms with Crippen molar-refractivity contribution < 1.29 is 28.2 Å². The summed E-state index contributed by atoms with van der Waals surface area (Å²) in [5, 5.41) is 0. The highest BCUT2D eigenvalue weighted by Gasteiger charge is 2.27. The van der Waals surface area contributed by atoms with Crippen LogP contribution in [0, 0.1) is 0 Å². The van der Waals surface area contributed by atoms with Gasteiger partial charge in [0.1, 0.15) is 6.10 Å². The largest absolute Gasteiger partial charge is 0.515 e. The third kappa shape index (κ3) is 8.32. The van der Waals surface area contributed by atoms with Crippen LogP contribution in [-0.4, -0.2) is 30.5 Å². The molecule has 0 aromatic carbocycles. The van der Waals surface area contributed by atoms with Gasteiger partial charge in [-0.15, -0.1) is 4.52 Å². The Hall–Kier alpha value is -1.00. The number of esters is 2. The number of carbonyl (C=O) groups is 2. The second kappa shape index (κ2) is 7.30. The molecule has 0 aromatic rings. The van der Waals surface area contributed by atoms with E-state index in [1.165, 1.54) is 20.8 Å². The molecule has 0 saturated carbocycles. The number of rotatable bonds is 6. The zero-order valence-electron chi connectivity index (χ0n) is 9.76. The average Bonchev–Trinajstić information content (AvgIpc) is 1.97. The van der Waals surface area contributed by atoms with Crippen LogP contribution in [0.1, 0.15) is 27.7 Å². The van der Waals surface area contributed by atoms with Crippen LogP contribution in [0.5, 0.6) is 0 Å². The summed E-state index contributed by atoms with van der Waals surface area (Å²) in [6, 6.07) is 0. The monoisotopic (exact) mass is 251 g/mol. The third-order valence-corrected chi connectivity index (χ3v) is 2.72. The molecule has 0 fully saturated rings. The first-order chi connectivity index (χ1) is 7.31. The smallest absolute Gasteiger partial charge is 0.458 e. The molecule has 0 aliphatic carbocycles. The van der Waals surface area contributed by atoms with E-state index < -0.39 is 32.4 Å². The SMILES string of the molecule is CC(=O)OC(C)C[P+](=O)OC(C)OC(C)=O. The molecule has 3 unspecified atom stereocenters. The zero-order valence-corrected chi connectivity index (χ0v) is 10.7. The fraction of sp³-hybridized carbons (Fsp3) is 0.778. The van der Waals surface area contributed by atoms with Crippen molar-refractivity contribution in [2.75, 3.05) is 6.16 Å². The van der Waals surface area contributed by atoms with Gasteiger partial charge in [-0.2, -0.15) is 0 Å². The van der Waals surface area contributed by atoms with Crippen LogP contribution >= 0.6 is 8.03 Å². The molecule has 0 N–H and O–H groups in total. The molecule has 92 valence electrons. The lowest BCUT2D eigenvalue weighted by atomic mass is 10.5. The van der Waals surface area contributed by atoms with E-state index in [0.29, 0.717) is 0 Å². The van der Waals surface area contributed by atoms with E-state index in [-0.39, 0.29) is 6.16 Å². The Balaban J connectivity index is 3.89. The molecule has 0 aliphatic rings. The first-order valence-electron chi connectivity index (χ1n) is 4.77. The lowest BCUT2D eigenvalue weighted by Gasteiger charge is -2.07. The van der Waals surface area contributed by atoms with E-state index >= 15 is 0 Å². The minimum Gasteiger partial charge on any atom is -0.458 e. The van der Waals surface area contributed by atoms with Gasteiger partial charge in [-0.25, -0.2) is 0 Å². The van der Waals surface area contributed by atoms with Gasteiger partial charge in [-0.05, 0) is 11.5 Å². The van der Waals surface area contributed by atoms with Gasteiger partial charge in [0.15, 0.2) is 0 Å². The number of carbonyl (C=O) groups excluding carboxylic acids is 2. The van der Waals surface area contributed by atoms with Crippen LogP contribution in [0.2, 0.25) is 0 Å². The maximum Gasteiger partial charge on any atom is 0.515 e. The van der Waals surface area contributed by atoms with Crippen molar-refractivity contribution in [3.05, 3.63) is 0 Å². The maximum atomic E-state index is 11.4. The Kier molecular flexibility index (Phi) is 6.85. The molecule has 0 aromatic heterocycles. The standard InChI is InChI=1S/C9H16O6P/c1-6(13-7(2)10)5-16(12)15-9(4)14-8(3)11/h6,9H,5H2,1-4H3/q+1. The number of hydrogen-bond donors (Lipinski definition) is 0. The van der Waals surface area contributed by atoms with E-state index in [9.17, 15) is 14.2 Å². The topological polar surface area (TPSA) is 78.9 Å². The van der Waals surface area contributed by atoms with E-state index in [4.69, 9.17) is 9.26 Å². The zero-order chi connectivity index (χ0) is 12.7. The van der Waals surface area contributed by atoms with Crippen molar-refractivity contribution >= 4 is 20.0 Å². The van der Waals surface area contributed by atoms with Crippen molar-refractivity contribution in [1.82, 2.24) is 0 Å². The fourth-order valence-electron chi connectivity index (χ4n) is 0.994. The van der Waals surface area contributed by atoms with Gasteiger partial charge in [0.25, 0.3) is 6.29 Å². The van der Waals surface area contributed by atoms with Gasteiger partial charge >= 0.3 is 20.0 Å². The molecule has 0 spiro atoms. The lowest BCUT2D eigenvalue weighted by molar-refractivity contribution is -0.157. The van der Waals surface area contributed by atoms with Crippen molar-refractivity contribution in [2.24, 2.45) is 0 Å². The quantitative estimate of drug-likeness (QED) is 0.405. The van der Waals surface area contributed by atoms with Gasteiger partial charge in [0.05, 0.1) is 0 Å². The molecule has 7 heteroatoms. The van der Waals surface area contributed by atoms with Gasteiger partial charge in [-0.3, -0.25) is 9.59 Å². The molecule has 0 heterocycles. The van der Waals surface area contributed by atoms with Crippen molar-refractivity contribution in [1.29, 1.82) is 0 Å². The van der Waals surface area contributed by atoms with Crippen molar-refractivity contribution in [2.45, 2.75) is 40.1 Å². The Morgan fingerprint density at radius 1 is 1.12 bits per heavy atom. The van der Waals surface area contributed by atoms with Gasteiger partial charge in [-0.1, -0.05) is 0 Å². The molecule has 0 aliphatic heterocycles. The minimum atomic E-state index is -2.03. The van der Waals surface area contributed by atoms with Crippen LogP contribution in [0.3, 0.4) is 0 Å². The van der Waals surface area contributed by atoms with Gasteiger partial charge in [0.2, 0.25) is 6.16 Å². The minimum absolute atomic E-state index is 0.0700. The van der Waals surface area contributed by atoms with Gasteiger partial charge < -0.3 is 9.47 Å². The number of hydrogen-bond acceptors (Lipinski definition) is 6. The highest BCUT2D eigenvalue weighted by atomic mass is 31.1. The summed E-state index contributed by atoms with van der Waals surface area (Å²) in [5.74, 6) is -0.951. The van der Waals surface area contributed by atoms with Crippen LogP contribution in [0.25, 0.3) is 0 Å². The molecular weight excluding hydrogens is 235 g/mol. The molecule has 0 saturated heterocycles. The summed E-state index contributed by atoms with van der Waals surface area (Å²) < 4.78 is 25.7. The normalized spacial score (nSPS) is 14.9. The van der Waals surface area contributed by atoms with Gasteiger partial charge in [0, 0.05) is 20.8 Å². The molecule has 16 heavy (non-hydrogen) atoms. The van der Waals surface area contributed by atoms with E-state index in [0.717, 1.165) is 0 Å². The Bertz CT molecular complexity index is 251. The molecular formula is C9H16O6P+. The van der Waals surface area contributed by atoms with Crippen LogP contribution in [-0.2, 0) is 28.2 Å². The Morgan fingerprint density at radius 2 is 1.62 bits per heavy atom. The van der Waals surface area contributed by atoms with E-state index in [2.05, 4.69) is 4.74 Å². The first-order valence-corrected chi connectivity index (χ1v) is 6.13. The first kappa shape index (κ1) is 15.0. The second-order valence-corrected chi connectivity index (χ2v) is 4.46. The molecule has 0 amide bonds. The van der Waals surface area contributed by atoms with Crippen LogP contribution in [0.15, 0.2) is 0 Å².